The zero-order valence-electron chi connectivity index (χ0n) is 11.0. The van der Waals surface area contributed by atoms with Crippen LogP contribution < -0.4 is 10.5 Å². The zero-order chi connectivity index (χ0) is 15.6. The Morgan fingerprint density at radius 1 is 1.19 bits per heavy atom. The molecule has 0 aromatic heterocycles. The van der Waals surface area contributed by atoms with E-state index in [-0.39, 0.29) is 5.75 Å². The summed E-state index contributed by atoms with van der Waals surface area (Å²) in [5.74, 6) is 0.454. The Kier molecular flexibility index (Phi) is 3.76. The van der Waals surface area contributed by atoms with Crippen molar-refractivity contribution in [2.24, 2.45) is 0 Å². The number of anilines is 1. The number of aryl methyl sites for hydroxylation is 1. The molecule has 108 valence electrons. The average molecular weight is 292 g/mol. The highest BCUT2D eigenvalue weighted by molar-refractivity contribution is 5.59. The van der Waals surface area contributed by atoms with Gasteiger partial charge >= 0.3 is 6.18 Å². The van der Waals surface area contributed by atoms with Crippen LogP contribution in [0.5, 0.6) is 11.5 Å². The van der Waals surface area contributed by atoms with Gasteiger partial charge in [-0.25, -0.2) is 0 Å². The van der Waals surface area contributed by atoms with Gasteiger partial charge in [0, 0.05) is 0 Å². The first-order chi connectivity index (χ1) is 9.82. The van der Waals surface area contributed by atoms with Crippen LogP contribution in [-0.4, -0.2) is 0 Å². The maximum absolute atomic E-state index is 12.7. The average Bonchev–Trinajstić information content (AvgIpc) is 2.42. The van der Waals surface area contributed by atoms with Crippen molar-refractivity contribution in [1.29, 1.82) is 5.26 Å². The van der Waals surface area contributed by atoms with Crippen LogP contribution in [0.4, 0.5) is 18.9 Å². The van der Waals surface area contributed by atoms with Crippen LogP contribution in [0.1, 0.15) is 16.7 Å². The van der Waals surface area contributed by atoms with E-state index in [1.807, 2.05) is 0 Å². The van der Waals surface area contributed by atoms with Crippen molar-refractivity contribution in [3.8, 4) is 17.6 Å². The number of nitrogens with two attached hydrogens (primary N) is 1. The molecular formula is C15H11F3N2O. The molecule has 0 amide bonds. The van der Waals surface area contributed by atoms with Gasteiger partial charge in [0.25, 0.3) is 0 Å². The SMILES string of the molecule is Cc1cccc(Oc2ccc(C(F)(F)F)c(C#N)c2)c1N. The molecule has 0 saturated carbocycles. The fourth-order valence-electron chi connectivity index (χ4n) is 1.80. The second-order valence-corrected chi connectivity index (χ2v) is 4.41. The Balaban J connectivity index is 2.39. The minimum atomic E-state index is -4.58. The van der Waals surface area contributed by atoms with Crippen molar-refractivity contribution in [2.75, 3.05) is 5.73 Å². The van der Waals surface area contributed by atoms with E-state index < -0.39 is 17.3 Å². The summed E-state index contributed by atoms with van der Waals surface area (Å²) in [6, 6.07) is 9.66. The Hall–Kier alpha value is -2.68. The van der Waals surface area contributed by atoms with E-state index in [9.17, 15) is 13.2 Å². The lowest BCUT2D eigenvalue weighted by molar-refractivity contribution is -0.137. The highest BCUT2D eigenvalue weighted by atomic mass is 19.4. The summed E-state index contributed by atoms with van der Waals surface area (Å²) in [7, 11) is 0. The van der Waals surface area contributed by atoms with Gasteiger partial charge in [0.2, 0.25) is 0 Å². The number of hydrogen-bond donors (Lipinski definition) is 1. The third kappa shape index (κ3) is 3.08. The molecule has 0 unspecified atom stereocenters. The standard InChI is InChI=1S/C15H11F3N2O/c1-9-3-2-4-13(14(9)20)21-11-5-6-12(15(16,17)18)10(7-11)8-19/h2-7H,20H2,1H3. The number of para-hydroxylation sites is 1. The van der Waals surface area contributed by atoms with Gasteiger partial charge in [0.05, 0.1) is 22.9 Å². The van der Waals surface area contributed by atoms with Crippen molar-refractivity contribution < 1.29 is 17.9 Å². The number of ether oxygens (including phenoxy) is 1. The topological polar surface area (TPSA) is 59.0 Å². The highest BCUT2D eigenvalue weighted by Gasteiger charge is 2.33. The number of alkyl halides is 3. The minimum absolute atomic E-state index is 0.122. The Morgan fingerprint density at radius 3 is 2.52 bits per heavy atom. The molecule has 0 saturated heterocycles. The Labute approximate surface area is 119 Å². The Bertz CT molecular complexity index is 718. The lowest BCUT2D eigenvalue weighted by atomic mass is 10.1. The number of nitrogens with zero attached hydrogens (tertiary/aromatic N) is 1. The van der Waals surface area contributed by atoms with Crippen LogP contribution in [0.15, 0.2) is 36.4 Å². The molecular weight excluding hydrogens is 281 g/mol. The summed E-state index contributed by atoms with van der Waals surface area (Å²) >= 11 is 0. The molecule has 0 aliphatic heterocycles. The molecule has 21 heavy (non-hydrogen) atoms. The summed E-state index contributed by atoms with van der Waals surface area (Å²) in [4.78, 5) is 0. The van der Waals surface area contributed by atoms with Crippen LogP contribution in [0.3, 0.4) is 0 Å². The van der Waals surface area contributed by atoms with E-state index in [1.165, 1.54) is 6.07 Å². The lowest BCUT2D eigenvalue weighted by Crippen LogP contribution is -2.07. The van der Waals surface area contributed by atoms with Gasteiger partial charge in [-0.05, 0) is 36.8 Å². The van der Waals surface area contributed by atoms with E-state index >= 15 is 0 Å². The minimum Gasteiger partial charge on any atom is -0.455 e. The van der Waals surface area contributed by atoms with Crippen molar-refractivity contribution in [1.82, 2.24) is 0 Å². The predicted molar refractivity (Wildman–Crippen MR) is 71.8 cm³/mol. The normalized spacial score (nSPS) is 11.0. The van der Waals surface area contributed by atoms with Gasteiger partial charge < -0.3 is 10.5 Å². The number of halogens is 3. The summed E-state index contributed by atoms with van der Waals surface area (Å²) in [6.45, 7) is 1.79. The summed E-state index contributed by atoms with van der Waals surface area (Å²) in [5.41, 5.74) is 5.54. The second-order valence-electron chi connectivity index (χ2n) is 4.41. The molecule has 0 fully saturated rings. The number of rotatable bonds is 2. The van der Waals surface area contributed by atoms with Crippen LogP contribution in [0.2, 0.25) is 0 Å². The number of nitrogen functional groups attached to an aromatic ring is 1. The summed E-state index contributed by atoms with van der Waals surface area (Å²) in [5, 5.41) is 8.84. The van der Waals surface area contributed by atoms with E-state index in [2.05, 4.69) is 0 Å². The Morgan fingerprint density at radius 2 is 1.90 bits per heavy atom. The number of hydrogen-bond acceptors (Lipinski definition) is 3. The third-order valence-electron chi connectivity index (χ3n) is 2.93. The third-order valence-corrected chi connectivity index (χ3v) is 2.93. The largest absolute Gasteiger partial charge is 0.455 e. The monoisotopic (exact) mass is 292 g/mol. The maximum atomic E-state index is 12.7. The molecule has 2 rings (SSSR count). The smallest absolute Gasteiger partial charge is 0.417 e. The lowest BCUT2D eigenvalue weighted by Gasteiger charge is -2.13. The van der Waals surface area contributed by atoms with Crippen LogP contribution >= 0.6 is 0 Å². The van der Waals surface area contributed by atoms with Crippen LogP contribution in [0, 0.1) is 18.3 Å². The van der Waals surface area contributed by atoms with Gasteiger partial charge in [-0.15, -0.1) is 0 Å². The molecule has 0 atom stereocenters. The second kappa shape index (κ2) is 5.37. The van der Waals surface area contributed by atoms with E-state index in [0.29, 0.717) is 11.4 Å². The van der Waals surface area contributed by atoms with Gasteiger partial charge in [0.1, 0.15) is 5.75 Å². The molecule has 2 N–H and O–H groups in total. The maximum Gasteiger partial charge on any atom is 0.417 e. The van der Waals surface area contributed by atoms with Crippen molar-refractivity contribution >= 4 is 5.69 Å². The first kappa shape index (κ1) is 14.7. The molecule has 0 radical (unpaired) electrons. The highest BCUT2D eigenvalue weighted by Crippen LogP contribution is 2.35. The number of nitriles is 1. The van der Waals surface area contributed by atoms with Gasteiger partial charge in [-0.2, -0.15) is 18.4 Å². The zero-order valence-corrected chi connectivity index (χ0v) is 11.0. The molecule has 3 nitrogen and oxygen atoms in total. The van der Waals surface area contributed by atoms with Gasteiger partial charge in [-0.1, -0.05) is 12.1 Å². The molecule has 0 bridgehead atoms. The summed E-state index contributed by atoms with van der Waals surface area (Å²) < 4.78 is 43.6. The first-order valence-corrected chi connectivity index (χ1v) is 5.97. The summed E-state index contributed by atoms with van der Waals surface area (Å²) in [6.07, 6.45) is -4.58. The molecule has 0 heterocycles. The molecule has 0 spiro atoms. The molecule has 6 heteroatoms. The molecule has 0 aliphatic rings. The van der Waals surface area contributed by atoms with E-state index in [4.69, 9.17) is 15.7 Å². The van der Waals surface area contributed by atoms with Gasteiger partial charge in [-0.3, -0.25) is 0 Å². The van der Waals surface area contributed by atoms with Crippen molar-refractivity contribution in [3.63, 3.8) is 0 Å². The molecule has 2 aromatic rings. The van der Waals surface area contributed by atoms with Crippen molar-refractivity contribution in [2.45, 2.75) is 13.1 Å². The molecule has 0 aliphatic carbocycles. The van der Waals surface area contributed by atoms with E-state index in [1.54, 1.807) is 25.1 Å². The van der Waals surface area contributed by atoms with Gasteiger partial charge in [0.15, 0.2) is 5.75 Å². The van der Waals surface area contributed by atoms with Crippen LogP contribution in [-0.2, 0) is 6.18 Å². The quantitative estimate of drug-likeness (QED) is 0.841. The van der Waals surface area contributed by atoms with Crippen LogP contribution in [0.25, 0.3) is 0 Å². The first-order valence-electron chi connectivity index (χ1n) is 5.97. The predicted octanol–water partition coefficient (Wildman–Crippen LogP) is 4.26. The van der Waals surface area contributed by atoms with Crippen molar-refractivity contribution in [3.05, 3.63) is 53.1 Å². The molecule has 2 aromatic carbocycles. The van der Waals surface area contributed by atoms with E-state index in [0.717, 1.165) is 23.8 Å². The fourth-order valence-corrected chi connectivity index (χ4v) is 1.80. The number of benzene rings is 2. The fraction of sp³-hybridized carbons (Fsp3) is 0.133.